The van der Waals surface area contributed by atoms with Gasteiger partial charge in [-0.1, -0.05) is 0 Å². The number of allylic oxidation sites excluding steroid dienone is 1. The van der Waals surface area contributed by atoms with Crippen LogP contribution in [0, 0.1) is 0 Å². The predicted octanol–water partition coefficient (Wildman–Crippen LogP) is 4.16. The van der Waals surface area contributed by atoms with Crippen LogP contribution in [0.2, 0.25) is 0 Å². The van der Waals surface area contributed by atoms with Crippen molar-refractivity contribution < 1.29 is 9.00 Å². The lowest BCUT2D eigenvalue weighted by atomic mass is 10.3. The molecule has 1 unspecified atom stereocenters. The lowest BCUT2D eigenvalue weighted by Gasteiger charge is -2.00. The van der Waals surface area contributed by atoms with Gasteiger partial charge in [0.15, 0.2) is 5.78 Å². The van der Waals surface area contributed by atoms with E-state index in [1.807, 2.05) is 39.7 Å². The molecule has 0 aliphatic carbocycles. The van der Waals surface area contributed by atoms with Gasteiger partial charge in [-0.15, -0.1) is 0 Å². The molecule has 0 amide bonds. The van der Waals surface area contributed by atoms with Crippen LogP contribution in [-0.2, 0) is 15.6 Å². The van der Waals surface area contributed by atoms with Crippen molar-refractivity contribution in [1.82, 2.24) is 0 Å². The van der Waals surface area contributed by atoms with E-state index in [4.69, 9.17) is 0 Å². The largest absolute Gasteiger partial charge is 0.295 e. The summed E-state index contributed by atoms with van der Waals surface area (Å²) in [5.74, 6) is -0.0986. The Balaban J connectivity index is 2.25. The van der Waals surface area contributed by atoms with Crippen molar-refractivity contribution in [3.05, 3.63) is 56.3 Å². The van der Waals surface area contributed by atoms with Crippen LogP contribution >= 0.6 is 22.7 Å². The molecule has 0 spiro atoms. The molecule has 1 atom stereocenters. The quantitative estimate of drug-likeness (QED) is 0.777. The van der Waals surface area contributed by atoms with E-state index >= 15 is 0 Å². The Morgan fingerprint density at radius 3 is 2.53 bits per heavy atom. The molecule has 0 bridgehead atoms. The molecule has 5 heteroatoms. The van der Waals surface area contributed by atoms with E-state index in [1.54, 1.807) is 16.7 Å². The molecule has 2 nitrogen and oxygen atoms in total. The fourth-order valence-corrected chi connectivity index (χ4v) is 3.86. The third kappa shape index (κ3) is 4.09. The molecule has 0 N–H and O–H groups in total. The summed E-state index contributed by atoms with van der Waals surface area (Å²) in [5.41, 5.74) is 1.86. The van der Waals surface area contributed by atoms with E-state index in [0.29, 0.717) is 4.91 Å². The molecule has 0 fully saturated rings. The minimum atomic E-state index is -1.32. The molecule has 0 aliphatic rings. The number of rotatable bonds is 5. The van der Waals surface area contributed by atoms with E-state index in [0.717, 1.165) is 11.1 Å². The first-order valence-electron chi connectivity index (χ1n) is 5.52. The van der Waals surface area contributed by atoms with Crippen molar-refractivity contribution >= 4 is 50.2 Å². The van der Waals surface area contributed by atoms with Crippen LogP contribution < -0.4 is 0 Å². The number of carbonyl (C=O) groups excluding carboxylic acids is 1. The van der Waals surface area contributed by atoms with Gasteiger partial charge in [-0.05, 0) is 58.3 Å². The Bertz CT molecular complexity index is 620. The molecular weight excluding hydrogens is 296 g/mol. The second-order valence-electron chi connectivity index (χ2n) is 3.79. The summed E-state index contributed by atoms with van der Waals surface area (Å²) in [6.45, 7) is 1.46. The fraction of sp³-hybridized carbons (Fsp3) is 0.0714. The number of hydrogen-bond donors (Lipinski definition) is 0. The van der Waals surface area contributed by atoms with Crippen molar-refractivity contribution in [2.45, 2.75) is 6.92 Å². The van der Waals surface area contributed by atoms with Crippen LogP contribution in [0.5, 0.6) is 0 Å². The maximum atomic E-state index is 12.3. The highest BCUT2D eigenvalue weighted by atomic mass is 32.2. The molecule has 0 aliphatic heterocycles. The number of hydrogen-bond acceptors (Lipinski definition) is 4. The maximum Gasteiger partial charge on any atom is 0.153 e. The summed E-state index contributed by atoms with van der Waals surface area (Å²) < 4.78 is 12.3. The number of ketones is 1. The zero-order valence-electron chi connectivity index (χ0n) is 10.2. The van der Waals surface area contributed by atoms with Crippen LogP contribution in [0.15, 0.2) is 45.1 Å². The van der Waals surface area contributed by atoms with Gasteiger partial charge in [-0.25, -0.2) is 4.21 Å². The molecule has 2 aromatic heterocycles. The molecule has 0 aromatic carbocycles. The zero-order chi connectivity index (χ0) is 13.7. The van der Waals surface area contributed by atoms with Gasteiger partial charge in [0.1, 0.15) is 0 Å². The van der Waals surface area contributed by atoms with Crippen molar-refractivity contribution in [1.29, 1.82) is 0 Å². The highest BCUT2D eigenvalue weighted by Crippen LogP contribution is 2.22. The SMILES string of the molecule is CC(=O)C=C(c1ccsc1)S(=O)C=Cc1ccsc1. The van der Waals surface area contributed by atoms with Crippen molar-refractivity contribution in [3.63, 3.8) is 0 Å². The first-order chi connectivity index (χ1) is 9.16. The molecule has 0 radical (unpaired) electrons. The highest BCUT2D eigenvalue weighted by Gasteiger charge is 2.09. The average Bonchev–Trinajstić information content (AvgIpc) is 3.05. The summed E-state index contributed by atoms with van der Waals surface area (Å²) >= 11 is 3.11. The molecule has 2 aromatic rings. The van der Waals surface area contributed by atoms with Gasteiger partial charge in [-0.3, -0.25) is 4.79 Å². The smallest absolute Gasteiger partial charge is 0.153 e. The van der Waals surface area contributed by atoms with Crippen LogP contribution in [0.4, 0.5) is 0 Å². The lowest BCUT2D eigenvalue weighted by Crippen LogP contribution is -1.93. The summed E-state index contributed by atoms with van der Waals surface area (Å²) in [7, 11) is -1.32. The fourth-order valence-electron chi connectivity index (χ4n) is 1.43. The van der Waals surface area contributed by atoms with Gasteiger partial charge in [0.25, 0.3) is 0 Å². The standard InChI is InChI=1S/C14H12O2S3/c1-11(15)8-14(13-3-6-18-10-13)19(16)7-4-12-2-5-17-9-12/h2-10H,1H3. The molecule has 2 heterocycles. The van der Waals surface area contributed by atoms with Crippen molar-refractivity contribution in [2.24, 2.45) is 0 Å². The molecule has 2 rings (SSSR count). The normalized spacial score (nSPS) is 13.8. The Labute approximate surface area is 122 Å². The van der Waals surface area contributed by atoms with E-state index in [2.05, 4.69) is 0 Å². The zero-order valence-corrected chi connectivity index (χ0v) is 12.7. The van der Waals surface area contributed by atoms with E-state index in [9.17, 15) is 9.00 Å². The second-order valence-corrected chi connectivity index (χ2v) is 6.65. The third-order valence-corrected chi connectivity index (χ3v) is 4.84. The summed E-state index contributed by atoms with van der Waals surface area (Å²) in [6.07, 6.45) is 3.25. The lowest BCUT2D eigenvalue weighted by molar-refractivity contribution is -0.112. The van der Waals surface area contributed by atoms with Gasteiger partial charge in [0, 0.05) is 11.0 Å². The minimum absolute atomic E-state index is 0.0986. The Morgan fingerprint density at radius 1 is 1.21 bits per heavy atom. The first-order valence-corrected chi connectivity index (χ1v) is 8.62. The first kappa shape index (κ1) is 14.1. The molecule has 98 valence electrons. The van der Waals surface area contributed by atoms with Crippen molar-refractivity contribution in [3.8, 4) is 0 Å². The van der Waals surface area contributed by atoms with Crippen LogP contribution in [0.25, 0.3) is 11.0 Å². The summed E-state index contributed by atoms with van der Waals surface area (Å²) in [5, 5.41) is 9.36. The van der Waals surface area contributed by atoms with Gasteiger partial charge in [-0.2, -0.15) is 22.7 Å². The van der Waals surface area contributed by atoms with E-state index in [-0.39, 0.29) is 5.78 Å². The predicted molar refractivity (Wildman–Crippen MR) is 84.5 cm³/mol. The molecule has 19 heavy (non-hydrogen) atoms. The van der Waals surface area contributed by atoms with Crippen molar-refractivity contribution in [2.75, 3.05) is 0 Å². The van der Waals surface area contributed by atoms with Gasteiger partial charge >= 0.3 is 0 Å². The Morgan fingerprint density at radius 2 is 1.95 bits per heavy atom. The van der Waals surface area contributed by atoms with Gasteiger partial charge in [0.05, 0.1) is 15.7 Å². The molecule has 0 saturated heterocycles. The average molecular weight is 308 g/mol. The molecular formula is C14H12O2S3. The number of thiophene rings is 2. The second kappa shape index (κ2) is 6.75. The summed E-state index contributed by atoms with van der Waals surface area (Å²) in [4.78, 5) is 11.8. The monoisotopic (exact) mass is 308 g/mol. The molecule has 0 saturated carbocycles. The van der Waals surface area contributed by atoms with Crippen LogP contribution in [0.3, 0.4) is 0 Å². The van der Waals surface area contributed by atoms with Gasteiger partial charge < -0.3 is 0 Å². The Kier molecular flexibility index (Phi) is 5.01. The minimum Gasteiger partial charge on any atom is -0.295 e. The topological polar surface area (TPSA) is 34.1 Å². The highest BCUT2D eigenvalue weighted by molar-refractivity contribution is 7.97. The van der Waals surface area contributed by atoms with Gasteiger partial charge in [0.2, 0.25) is 0 Å². The van der Waals surface area contributed by atoms with Crippen LogP contribution in [0.1, 0.15) is 18.1 Å². The summed E-state index contributed by atoms with van der Waals surface area (Å²) in [6, 6.07) is 3.83. The third-order valence-electron chi connectivity index (χ3n) is 2.28. The van der Waals surface area contributed by atoms with Crippen LogP contribution in [-0.4, -0.2) is 9.99 Å². The number of carbonyl (C=O) groups is 1. The van der Waals surface area contributed by atoms with E-state index < -0.39 is 10.8 Å². The van der Waals surface area contributed by atoms with E-state index in [1.165, 1.54) is 24.3 Å². The maximum absolute atomic E-state index is 12.3. The Hall–Kier alpha value is -1.30.